The highest BCUT2D eigenvalue weighted by molar-refractivity contribution is 5.46. The summed E-state index contributed by atoms with van der Waals surface area (Å²) in [5.41, 5.74) is 2.57. The van der Waals surface area contributed by atoms with Crippen LogP contribution in [0.2, 0.25) is 0 Å². The van der Waals surface area contributed by atoms with Crippen LogP contribution >= 0.6 is 0 Å². The third-order valence-corrected chi connectivity index (χ3v) is 3.35. The normalized spacial score (nSPS) is 12.1. The maximum absolute atomic E-state index is 10.6. The van der Waals surface area contributed by atoms with Crippen molar-refractivity contribution in [1.82, 2.24) is 5.32 Å². The fraction of sp³-hybridized carbons (Fsp3) is 0.235. The summed E-state index contributed by atoms with van der Waals surface area (Å²) in [5, 5.41) is 2.83. The van der Waals surface area contributed by atoms with Crippen LogP contribution in [0.4, 0.5) is 0 Å². The Morgan fingerprint density at radius 2 is 1.42 bits per heavy atom. The van der Waals surface area contributed by atoms with Crippen LogP contribution in [0.3, 0.4) is 0 Å². The third kappa shape index (κ3) is 3.68. The first-order valence-corrected chi connectivity index (χ1v) is 6.61. The fourth-order valence-corrected chi connectivity index (χ4v) is 2.37. The molecule has 1 atom stereocenters. The molecule has 1 unspecified atom stereocenters. The van der Waals surface area contributed by atoms with Crippen LogP contribution in [0.25, 0.3) is 0 Å². The fourth-order valence-electron chi connectivity index (χ4n) is 2.37. The lowest BCUT2D eigenvalue weighted by Gasteiger charge is -2.21. The smallest absolute Gasteiger partial charge is 0.207 e. The minimum absolute atomic E-state index is 0.155. The molecule has 0 heterocycles. The van der Waals surface area contributed by atoms with E-state index in [0.29, 0.717) is 5.92 Å². The van der Waals surface area contributed by atoms with E-state index in [1.165, 1.54) is 11.1 Å². The van der Waals surface area contributed by atoms with Crippen molar-refractivity contribution in [3.05, 3.63) is 71.8 Å². The van der Waals surface area contributed by atoms with Crippen LogP contribution in [0, 0.1) is 0 Å². The van der Waals surface area contributed by atoms with Crippen molar-refractivity contribution in [1.29, 1.82) is 0 Å². The molecule has 0 saturated carbocycles. The van der Waals surface area contributed by atoms with Crippen LogP contribution in [-0.4, -0.2) is 12.5 Å². The number of hydrogen-bond donors (Lipinski definition) is 1. The quantitative estimate of drug-likeness (QED) is 0.786. The average Bonchev–Trinajstić information content (AvgIpc) is 2.47. The summed E-state index contributed by atoms with van der Waals surface area (Å²) in [4.78, 5) is 10.6. The van der Waals surface area contributed by atoms with E-state index in [4.69, 9.17) is 0 Å². The predicted molar refractivity (Wildman–Crippen MR) is 78.0 cm³/mol. The second-order valence-corrected chi connectivity index (χ2v) is 4.80. The van der Waals surface area contributed by atoms with Crippen molar-refractivity contribution in [2.75, 3.05) is 0 Å². The molecule has 0 radical (unpaired) electrons. The van der Waals surface area contributed by atoms with Gasteiger partial charge in [-0.3, -0.25) is 4.79 Å². The van der Waals surface area contributed by atoms with Crippen molar-refractivity contribution in [3.8, 4) is 0 Å². The molecule has 0 aromatic heterocycles. The number of carbonyl (C=O) groups excluding carboxylic acids is 1. The summed E-state index contributed by atoms with van der Waals surface area (Å²) < 4.78 is 0. The highest BCUT2D eigenvalue weighted by Crippen LogP contribution is 2.28. The van der Waals surface area contributed by atoms with Gasteiger partial charge in [-0.05, 0) is 24.5 Å². The Balaban J connectivity index is 2.26. The minimum atomic E-state index is 0.155. The molecule has 1 amide bonds. The van der Waals surface area contributed by atoms with Crippen molar-refractivity contribution in [2.45, 2.75) is 25.3 Å². The molecule has 0 saturated heterocycles. The van der Waals surface area contributed by atoms with Gasteiger partial charge in [0.05, 0.1) is 0 Å². The number of carbonyl (C=O) groups is 1. The molecule has 98 valence electrons. The van der Waals surface area contributed by atoms with E-state index in [9.17, 15) is 4.79 Å². The molecule has 0 spiro atoms. The van der Waals surface area contributed by atoms with Gasteiger partial charge in [0, 0.05) is 12.0 Å². The van der Waals surface area contributed by atoms with E-state index < -0.39 is 0 Å². The average molecular weight is 253 g/mol. The molecule has 0 aliphatic carbocycles. The largest absolute Gasteiger partial charge is 0.356 e. The Morgan fingerprint density at radius 3 is 1.84 bits per heavy atom. The molecule has 2 rings (SSSR count). The highest BCUT2D eigenvalue weighted by atomic mass is 16.1. The van der Waals surface area contributed by atoms with Crippen LogP contribution in [0.1, 0.15) is 30.4 Å². The SMILES string of the molecule is CC(CC(c1ccccc1)c1ccccc1)NC=O. The zero-order valence-corrected chi connectivity index (χ0v) is 11.1. The van der Waals surface area contributed by atoms with Gasteiger partial charge in [0.15, 0.2) is 0 Å². The summed E-state index contributed by atoms with van der Waals surface area (Å²) in [5.74, 6) is 0.310. The summed E-state index contributed by atoms with van der Waals surface area (Å²) >= 11 is 0. The van der Waals surface area contributed by atoms with E-state index in [2.05, 4.69) is 53.8 Å². The van der Waals surface area contributed by atoms with Gasteiger partial charge in [0.2, 0.25) is 6.41 Å². The molecule has 19 heavy (non-hydrogen) atoms. The first-order valence-electron chi connectivity index (χ1n) is 6.61. The maximum atomic E-state index is 10.6. The first-order chi connectivity index (χ1) is 9.31. The van der Waals surface area contributed by atoms with Gasteiger partial charge in [-0.2, -0.15) is 0 Å². The van der Waals surface area contributed by atoms with Crippen LogP contribution in [-0.2, 0) is 4.79 Å². The lowest BCUT2D eigenvalue weighted by atomic mass is 9.86. The van der Waals surface area contributed by atoms with E-state index in [0.717, 1.165) is 12.8 Å². The van der Waals surface area contributed by atoms with Crippen LogP contribution in [0.15, 0.2) is 60.7 Å². The highest BCUT2D eigenvalue weighted by Gasteiger charge is 2.16. The van der Waals surface area contributed by atoms with E-state index in [1.54, 1.807) is 0 Å². The van der Waals surface area contributed by atoms with Crippen molar-refractivity contribution >= 4 is 6.41 Å². The Morgan fingerprint density at radius 1 is 0.947 bits per heavy atom. The summed E-state index contributed by atoms with van der Waals surface area (Å²) in [7, 11) is 0. The standard InChI is InChI=1S/C17H19NO/c1-14(18-13-19)12-17(15-8-4-2-5-9-15)16-10-6-3-7-11-16/h2-11,13-14,17H,12H2,1H3,(H,18,19). The lowest BCUT2D eigenvalue weighted by molar-refractivity contribution is -0.110. The second-order valence-electron chi connectivity index (χ2n) is 4.80. The summed E-state index contributed by atoms with van der Waals surface area (Å²) in [6.07, 6.45) is 1.67. The Bertz CT molecular complexity index is 456. The van der Waals surface area contributed by atoms with Gasteiger partial charge in [0.1, 0.15) is 0 Å². The molecule has 0 fully saturated rings. The number of hydrogen-bond acceptors (Lipinski definition) is 1. The van der Waals surface area contributed by atoms with Gasteiger partial charge in [0.25, 0.3) is 0 Å². The van der Waals surface area contributed by atoms with E-state index >= 15 is 0 Å². The first kappa shape index (κ1) is 13.3. The molecule has 0 bridgehead atoms. The van der Waals surface area contributed by atoms with Crippen molar-refractivity contribution in [3.63, 3.8) is 0 Å². The molecule has 2 nitrogen and oxygen atoms in total. The molecule has 2 aromatic carbocycles. The molecule has 2 heteroatoms. The molecule has 2 aromatic rings. The van der Waals surface area contributed by atoms with Gasteiger partial charge in [-0.15, -0.1) is 0 Å². The zero-order chi connectivity index (χ0) is 13.5. The zero-order valence-electron chi connectivity index (χ0n) is 11.1. The third-order valence-electron chi connectivity index (χ3n) is 3.35. The number of amides is 1. The summed E-state index contributed by atoms with van der Waals surface area (Å²) in [6, 6.07) is 21.0. The van der Waals surface area contributed by atoms with Gasteiger partial charge < -0.3 is 5.32 Å². The Hall–Kier alpha value is -2.09. The van der Waals surface area contributed by atoms with Gasteiger partial charge >= 0.3 is 0 Å². The summed E-state index contributed by atoms with van der Waals surface area (Å²) in [6.45, 7) is 2.04. The number of nitrogens with one attached hydrogen (secondary N) is 1. The Kier molecular flexibility index (Phi) is 4.73. The Labute approximate surface area is 114 Å². The predicted octanol–water partition coefficient (Wildman–Crippen LogP) is 3.34. The monoisotopic (exact) mass is 253 g/mol. The van der Waals surface area contributed by atoms with Crippen molar-refractivity contribution < 1.29 is 4.79 Å². The van der Waals surface area contributed by atoms with E-state index in [1.807, 2.05) is 19.1 Å². The van der Waals surface area contributed by atoms with Crippen molar-refractivity contribution in [2.24, 2.45) is 0 Å². The van der Waals surface area contributed by atoms with Gasteiger partial charge in [-0.25, -0.2) is 0 Å². The lowest BCUT2D eigenvalue weighted by Crippen LogP contribution is -2.26. The molecular weight excluding hydrogens is 234 g/mol. The van der Waals surface area contributed by atoms with Crippen LogP contribution < -0.4 is 5.32 Å². The molecule has 0 aliphatic rings. The van der Waals surface area contributed by atoms with E-state index in [-0.39, 0.29) is 6.04 Å². The molecule has 0 aliphatic heterocycles. The van der Waals surface area contributed by atoms with Gasteiger partial charge in [-0.1, -0.05) is 60.7 Å². The molecular formula is C17H19NO. The molecule has 1 N–H and O–H groups in total. The van der Waals surface area contributed by atoms with Crippen LogP contribution in [0.5, 0.6) is 0 Å². The number of benzene rings is 2. The number of rotatable bonds is 6. The maximum Gasteiger partial charge on any atom is 0.207 e. The second kappa shape index (κ2) is 6.74. The topological polar surface area (TPSA) is 29.1 Å². The minimum Gasteiger partial charge on any atom is -0.356 e.